The Balaban J connectivity index is 2.08. The summed E-state index contributed by atoms with van der Waals surface area (Å²) < 4.78 is 37.4. The summed E-state index contributed by atoms with van der Waals surface area (Å²) in [4.78, 5) is 26.7. The van der Waals surface area contributed by atoms with Crippen LogP contribution in [0.25, 0.3) is 12.8 Å². The zero-order valence-corrected chi connectivity index (χ0v) is 20.4. The summed E-state index contributed by atoms with van der Waals surface area (Å²) in [5.74, 6) is -0.458. The Morgan fingerprint density at radius 3 is 2.44 bits per heavy atom. The molecule has 0 bridgehead atoms. The second-order valence-corrected chi connectivity index (χ2v) is 8.91. The van der Waals surface area contributed by atoms with Gasteiger partial charge in [-0.15, -0.1) is 0 Å². The lowest BCUT2D eigenvalue weighted by Crippen LogP contribution is -2.36. The van der Waals surface area contributed by atoms with E-state index in [1.165, 1.54) is 0 Å². The van der Waals surface area contributed by atoms with Crippen LogP contribution in [0.2, 0.25) is 5.02 Å². The molecule has 0 aliphatic rings. The maximum atomic E-state index is 12.5. The molecule has 0 radical (unpaired) electrons. The number of rotatable bonds is 10. The Morgan fingerprint density at radius 1 is 1.21 bits per heavy atom. The first kappa shape index (κ1) is 27.4. The Morgan fingerprint density at radius 2 is 1.85 bits per heavy atom. The van der Waals surface area contributed by atoms with Crippen LogP contribution in [0.1, 0.15) is 52.5 Å². The lowest BCUT2D eigenvalue weighted by Gasteiger charge is -2.22. The second kappa shape index (κ2) is 12.1. The third kappa shape index (κ3) is 8.52. The highest BCUT2D eigenvalue weighted by Gasteiger charge is 2.28. The Labute approximate surface area is 203 Å². The number of halogens is 4. The molecule has 4 nitrogen and oxygen atoms in total. The predicted molar refractivity (Wildman–Crippen MR) is 130 cm³/mol. The summed E-state index contributed by atoms with van der Waals surface area (Å²) in [7, 11) is 1.88. The minimum Gasteiger partial charge on any atom is -0.380 e. The van der Waals surface area contributed by atoms with Crippen molar-refractivity contribution in [3.05, 3.63) is 68.5 Å². The van der Waals surface area contributed by atoms with Gasteiger partial charge in [-0.2, -0.15) is 13.2 Å². The first-order valence-corrected chi connectivity index (χ1v) is 11.4. The Kier molecular flexibility index (Phi) is 9.74. The molecule has 0 fully saturated rings. The van der Waals surface area contributed by atoms with Gasteiger partial charge < -0.3 is 10.2 Å². The van der Waals surface area contributed by atoms with E-state index < -0.39 is 18.6 Å². The number of Topliss-reactive ketones (excluding diaryl/α,β-unsaturated/α-hetero) is 1. The number of carbonyl (C=O) groups excluding carboxylic acids is 2. The summed E-state index contributed by atoms with van der Waals surface area (Å²) in [6, 6.07) is 10.1. The van der Waals surface area contributed by atoms with Gasteiger partial charge in [-0.1, -0.05) is 37.6 Å². The van der Waals surface area contributed by atoms with Gasteiger partial charge in [0.15, 0.2) is 5.78 Å². The number of amides is 1. The first-order valence-electron chi connectivity index (χ1n) is 11.0. The number of benzene rings is 2. The molecule has 0 aliphatic heterocycles. The number of alkyl halides is 3. The molecule has 0 spiro atoms. The van der Waals surface area contributed by atoms with Gasteiger partial charge in [-0.05, 0) is 65.6 Å². The number of nitrogens with one attached hydrogen (secondary N) is 1. The van der Waals surface area contributed by atoms with Crippen LogP contribution >= 0.6 is 11.6 Å². The van der Waals surface area contributed by atoms with E-state index >= 15 is 0 Å². The van der Waals surface area contributed by atoms with Gasteiger partial charge in [0, 0.05) is 42.4 Å². The SMILES string of the molecule is C=c1cc(C)c(C(=O)NCC(F)(F)F)c/c1=C/N(C)CC(CC)CCC(=O)c1ccc(Cl)cc1. The summed E-state index contributed by atoms with van der Waals surface area (Å²) in [6.45, 7) is 7.01. The molecule has 1 N–H and O–H groups in total. The van der Waals surface area contributed by atoms with Gasteiger partial charge in [0.2, 0.25) is 0 Å². The number of hydrogen-bond acceptors (Lipinski definition) is 3. The molecule has 184 valence electrons. The molecule has 0 aromatic heterocycles. The van der Waals surface area contributed by atoms with Crippen LogP contribution < -0.4 is 15.8 Å². The lowest BCUT2D eigenvalue weighted by atomic mass is 9.96. The van der Waals surface area contributed by atoms with Crippen LogP contribution in [0.3, 0.4) is 0 Å². The van der Waals surface area contributed by atoms with Crippen molar-refractivity contribution in [1.29, 1.82) is 0 Å². The maximum Gasteiger partial charge on any atom is 0.405 e. The molecule has 1 amide bonds. The van der Waals surface area contributed by atoms with Gasteiger partial charge in [-0.3, -0.25) is 9.59 Å². The number of aryl methyl sites for hydroxylation is 1. The fourth-order valence-electron chi connectivity index (χ4n) is 3.66. The number of ketones is 1. The molecule has 34 heavy (non-hydrogen) atoms. The Hall–Kier alpha value is -2.80. The van der Waals surface area contributed by atoms with E-state index in [1.807, 2.05) is 23.5 Å². The quantitative estimate of drug-likeness (QED) is 0.487. The van der Waals surface area contributed by atoms with Crippen molar-refractivity contribution >= 4 is 36.1 Å². The molecular formula is C26H30ClF3N2O2. The summed E-state index contributed by atoms with van der Waals surface area (Å²) in [6.07, 6.45) is -0.640. The van der Waals surface area contributed by atoms with Crippen LogP contribution in [0.5, 0.6) is 0 Å². The van der Waals surface area contributed by atoms with E-state index in [4.69, 9.17) is 11.6 Å². The minimum absolute atomic E-state index is 0.0647. The smallest absolute Gasteiger partial charge is 0.380 e. The van der Waals surface area contributed by atoms with Crippen molar-refractivity contribution < 1.29 is 22.8 Å². The van der Waals surface area contributed by atoms with E-state index in [0.717, 1.165) is 6.42 Å². The summed E-state index contributed by atoms with van der Waals surface area (Å²) in [5, 5.41) is 3.82. The highest BCUT2D eigenvalue weighted by molar-refractivity contribution is 6.30. The summed E-state index contributed by atoms with van der Waals surface area (Å²) >= 11 is 5.88. The van der Waals surface area contributed by atoms with Gasteiger partial charge in [0.25, 0.3) is 5.91 Å². The third-order valence-corrected chi connectivity index (χ3v) is 5.86. The molecule has 0 aliphatic carbocycles. The molecular weight excluding hydrogens is 465 g/mol. The van der Waals surface area contributed by atoms with Crippen molar-refractivity contribution in [2.24, 2.45) is 5.92 Å². The average Bonchev–Trinajstić information content (AvgIpc) is 2.76. The molecule has 0 saturated carbocycles. The van der Waals surface area contributed by atoms with Gasteiger partial charge >= 0.3 is 6.18 Å². The van der Waals surface area contributed by atoms with Gasteiger partial charge in [0.1, 0.15) is 6.54 Å². The fourth-order valence-corrected chi connectivity index (χ4v) is 3.79. The molecule has 1 unspecified atom stereocenters. The van der Waals surface area contributed by atoms with Crippen molar-refractivity contribution in [2.75, 3.05) is 20.1 Å². The van der Waals surface area contributed by atoms with E-state index in [-0.39, 0.29) is 17.3 Å². The zero-order chi connectivity index (χ0) is 25.5. The normalized spacial score (nSPS) is 13.0. The maximum absolute atomic E-state index is 12.5. The highest BCUT2D eigenvalue weighted by Crippen LogP contribution is 2.17. The second-order valence-electron chi connectivity index (χ2n) is 8.48. The van der Waals surface area contributed by atoms with Crippen LogP contribution in [0, 0.1) is 12.8 Å². The standard InChI is InChI=1S/C26H30ClF3N2O2/c1-5-19(6-11-24(33)20-7-9-22(27)10-8-20)14-32(4)15-21-13-23(18(3)12-17(21)2)25(34)31-16-26(28,29)30/h7-10,12-13,15,19H,2,5-6,11,14,16H2,1,3-4H3,(H,31,34)/b21-15-. The average molecular weight is 495 g/mol. The topological polar surface area (TPSA) is 49.4 Å². The predicted octanol–water partition coefficient (Wildman–Crippen LogP) is 4.71. The number of nitrogens with zero attached hydrogens (tertiary/aromatic N) is 1. The number of carbonyl (C=O) groups is 2. The fraction of sp³-hybridized carbons (Fsp3) is 0.385. The van der Waals surface area contributed by atoms with E-state index in [9.17, 15) is 22.8 Å². The molecule has 2 aromatic rings. The molecule has 0 heterocycles. The molecule has 2 aromatic carbocycles. The lowest BCUT2D eigenvalue weighted by molar-refractivity contribution is -0.123. The first-order chi connectivity index (χ1) is 15.9. The Bertz CT molecular complexity index is 1110. The van der Waals surface area contributed by atoms with Crippen LogP contribution in [0.4, 0.5) is 13.2 Å². The summed E-state index contributed by atoms with van der Waals surface area (Å²) in [5.41, 5.74) is 1.37. The third-order valence-electron chi connectivity index (χ3n) is 5.61. The van der Waals surface area contributed by atoms with Crippen LogP contribution in [-0.4, -0.2) is 42.9 Å². The molecule has 1 atom stereocenters. The minimum atomic E-state index is -4.48. The monoisotopic (exact) mass is 494 g/mol. The van der Waals surface area contributed by atoms with Crippen molar-refractivity contribution in [1.82, 2.24) is 10.2 Å². The van der Waals surface area contributed by atoms with Crippen molar-refractivity contribution in [3.63, 3.8) is 0 Å². The van der Waals surface area contributed by atoms with E-state index in [0.29, 0.717) is 46.0 Å². The van der Waals surface area contributed by atoms with Crippen molar-refractivity contribution in [2.45, 2.75) is 39.3 Å². The van der Waals surface area contributed by atoms with E-state index in [1.54, 1.807) is 43.3 Å². The van der Waals surface area contributed by atoms with Crippen molar-refractivity contribution in [3.8, 4) is 0 Å². The zero-order valence-electron chi connectivity index (χ0n) is 19.6. The van der Waals surface area contributed by atoms with Gasteiger partial charge in [-0.25, -0.2) is 0 Å². The molecule has 2 rings (SSSR count). The largest absolute Gasteiger partial charge is 0.405 e. The van der Waals surface area contributed by atoms with Gasteiger partial charge in [0.05, 0.1) is 0 Å². The highest BCUT2D eigenvalue weighted by atomic mass is 35.5. The molecule has 8 heteroatoms. The van der Waals surface area contributed by atoms with Crippen LogP contribution in [-0.2, 0) is 0 Å². The molecule has 0 saturated heterocycles. The van der Waals surface area contributed by atoms with E-state index in [2.05, 4.69) is 13.5 Å². The van der Waals surface area contributed by atoms with Crippen LogP contribution in [0.15, 0.2) is 36.4 Å². The number of hydrogen-bond donors (Lipinski definition) is 1.